The van der Waals surface area contributed by atoms with Gasteiger partial charge in [0.2, 0.25) is 0 Å². The summed E-state index contributed by atoms with van der Waals surface area (Å²) in [5, 5.41) is 1.75. The number of rotatable bonds is 11. The number of nitrogens with zero attached hydrogens (tertiary/aromatic N) is 1. The molecule has 4 rings (SSSR count). The smallest absolute Gasteiger partial charge is 0.293 e. The zero-order valence-corrected chi connectivity index (χ0v) is 21.3. The molecule has 1 fully saturated rings. The van der Waals surface area contributed by atoms with Gasteiger partial charge >= 0.3 is 0 Å². The third-order valence-electron chi connectivity index (χ3n) is 5.60. The Hall–Kier alpha value is -3.71. The molecule has 3 aromatic carbocycles. The third kappa shape index (κ3) is 5.57. The maximum Gasteiger partial charge on any atom is 0.293 e. The summed E-state index contributed by atoms with van der Waals surface area (Å²) in [6, 6.07) is 17.5. The van der Waals surface area contributed by atoms with Crippen LogP contribution in [0.15, 0.2) is 72.2 Å². The quantitative estimate of drug-likeness (QED) is 0.220. The second-order valence-electron chi connectivity index (χ2n) is 8.03. The highest BCUT2D eigenvalue weighted by Crippen LogP contribution is 2.37. The lowest BCUT2D eigenvalue weighted by molar-refractivity contribution is -0.123. The molecule has 0 saturated carbocycles. The number of thioether (sulfide) groups is 1. The Balaban J connectivity index is 1.50. The van der Waals surface area contributed by atoms with Gasteiger partial charge in [-0.3, -0.25) is 14.5 Å². The topological polar surface area (TPSA) is 65.1 Å². The lowest BCUT2D eigenvalue weighted by Gasteiger charge is -2.16. The summed E-state index contributed by atoms with van der Waals surface area (Å²) in [4.78, 5) is 27.3. The maximum absolute atomic E-state index is 13.1. The Bertz CT molecular complexity index is 1310. The molecule has 0 atom stereocenters. The van der Waals surface area contributed by atoms with Crippen LogP contribution < -0.4 is 14.2 Å². The van der Waals surface area contributed by atoms with Crippen molar-refractivity contribution in [3.63, 3.8) is 0 Å². The molecule has 0 spiro atoms. The molecule has 3 aromatic rings. The molecule has 0 bridgehead atoms. The summed E-state index contributed by atoms with van der Waals surface area (Å²) >= 11 is 0.929. The first-order valence-corrected chi connectivity index (χ1v) is 12.8. The van der Waals surface area contributed by atoms with E-state index in [1.165, 1.54) is 4.90 Å². The average Bonchev–Trinajstić information content (AvgIpc) is 3.14. The normalized spacial score (nSPS) is 14.5. The molecule has 0 unspecified atom stereocenters. The molecule has 0 radical (unpaired) electrons. The van der Waals surface area contributed by atoms with Crippen molar-refractivity contribution in [1.29, 1.82) is 0 Å². The molecule has 2 amide bonds. The number of hydrogen-bond acceptors (Lipinski definition) is 6. The standard InChI is InChI=1S/C29H29NO5S/c1-4-10-22-17-20(18-25(33-5-2)27(22)34-6-3)19-26-28(31)30(29(32)36-26)15-16-35-24-14-9-12-21-11-7-8-13-23(21)24/h4,7-9,11-14,17-19H,1,5-6,10,15-16H2,2-3H3/b26-19-. The van der Waals surface area contributed by atoms with Gasteiger partial charge < -0.3 is 14.2 Å². The first-order valence-electron chi connectivity index (χ1n) is 11.9. The minimum absolute atomic E-state index is 0.167. The van der Waals surface area contributed by atoms with E-state index in [-0.39, 0.29) is 24.3 Å². The fourth-order valence-electron chi connectivity index (χ4n) is 4.06. The molecule has 7 heteroatoms. The molecule has 1 heterocycles. The van der Waals surface area contributed by atoms with Crippen molar-refractivity contribution in [1.82, 2.24) is 4.90 Å². The lowest BCUT2D eigenvalue weighted by atomic mass is 10.0. The van der Waals surface area contributed by atoms with Crippen LogP contribution >= 0.6 is 11.8 Å². The number of fused-ring (bicyclic) bond motifs is 1. The van der Waals surface area contributed by atoms with Crippen LogP contribution in [0, 0.1) is 0 Å². The van der Waals surface area contributed by atoms with Crippen LogP contribution in [0.1, 0.15) is 25.0 Å². The van der Waals surface area contributed by atoms with Crippen LogP contribution in [0.5, 0.6) is 17.2 Å². The van der Waals surface area contributed by atoms with E-state index in [1.807, 2.05) is 68.4 Å². The third-order valence-corrected chi connectivity index (χ3v) is 6.51. The SMILES string of the molecule is C=CCc1cc(/C=C2\SC(=O)N(CCOc3cccc4ccccc34)C2=O)cc(OCC)c1OCC. The molecule has 1 aliphatic rings. The van der Waals surface area contributed by atoms with E-state index in [0.717, 1.165) is 39.4 Å². The first kappa shape index (κ1) is 25.4. The predicted molar refractivity (Wildman–Crippen MR) is 145 cm³/mol. The molecule has 0 aromatic heterocycles. The van der Waals surface area contributed by atoms with Crippen molar-refractivity contribution < 1.29 is 23.8 Å². The van der Waals surface area contributed by atoms with Gasteiger partial charge in [-0.05, 0) is 67.3 Å². The Kier molecular flexibility index (Phi) is 8.33. The lowest BCUT2D eigenvalue weighted by Crippen LogP contribution is -2.32. The number of ether oxygens (including phenoxy) is 3. The Morgan fingerprint density at radius 1 is 0.944 bits per heavy atom. The Labute approximate surface area is 215 Å². The van der Waals surface area contributed by atoms with Crippen molar-refractivity contribution >= 4 is 39.8 Å². The van der Waals surface area contributed by atoms with Crippen LogP contribution in [0.25, 0.3) is 16.8 Å². The molecule has 36 heavy (non-hydrogen) atoms. The summed E-state index contributed by atoms with van der Waals surface area (Å²) in [6.45, 7) is 9.01. The summed E-state index contributed by atoms with van der Waals surface area (Å²) in [5.41, 5.74) is 1.67. The van der Waals surface area contributed by atoms with Crippen LogP contribution in [-0.2, 0) is 11.2 Å². The number of amides is 2. The summed E-state index contributed by atoms with van der Waals surface area (Å²) in [7, 11) is 0. The van der Waals surface area contributed by atoms with E-state index >= 15 is 0 Å². The van der Waals surface area contributed by atoms with Gasteiger partial charge in [0.25, 0.3) is 11.1 Å². The highest BCUT2D eigenvalue weighted by Gasteiger charge is 2.35. The van der Waals surface area contributed by atoms with E-state index in [9.17, 15) is 9.59 Å². The summed E-state index contributed by atoms with van der Waals surface area (Å²) in [6.07, 6.45) is 4.10. The minimum Gasteiger partial charge on any atom is -0.491 e. The summed E-state index contributed by atoms with van der Waals surface area (Å²) < 4.78 is 17.6. The zero-order valence-electron chi connectivity index (χ0n) is 20.5. The van der Waals surface area contributed by atoms with Crippen LogP contribution in [-0.4, -0.2) is 42.4 Å². The fourth-order valence-corrected chi connectivity index (χ4v) is 4.92. The molecule has 186 valence electrons. The van der Waals surface area contributed by atoms with Gasteiger partial charge in [0.1, 0.15) is 12.4 Å². The summed E-state index contributed by atoms with van der Waals surface area (Å²) in [5.74, 6) is 1.68. The van der Waals surface area contributed by atoms with Gasteiger partial charge in [0, 0.05) is 10.9 Å². The van der Waals surface area contributed by atoms with Gasteiger partial charge in [0.05, 0.1) is 24.7 Å². The van der Waals surface area contributed by atoms with E-state index in [0.29, 0.717) is 36.0 Å². The zero-order chi connectivity index (χ0) is 25.5. The molecule has 1 aliphatic heterocycles. The monoisotopic (exact) mass is 503 g/mol. The van der Waals surface area contributed by atoms with Crippen molar-refractivity contribution in [2.75, 3.05) is 26.4 Å². The highest BCUT2D eigenvalue weighted by atomic mass is 32.2. The van der Waals surface area contributed by atoms with E-state index in [1.54, 1.807) is 12.2 Å². The van der Waals surface area contributed by atoms with Crippen molar-refractivity contribution in [3.05, 3.63) is 83.3 Å². The largest absolute Gasteiger partial charge is 0.491 e. The number of allylic oxidation sites excluding steroid dienone is 1. The average molecular weight is 504 g/mol. The first-order chi connectivity index (χ1) is 17.5. The van der Waals surface area contributed by atoms with Crippen LogP contribution in [0.2, 0.25) is 0 Å². The van der Waals surface area contributed by atoms with E-state index in [2.05, 4.69) is 6.58 Å². The number of hydrogen-bond donors (Lipinski definition) is 0. The van der Waals surface area contributed by atoms with E-state index < -0.39 is 0 Å². The van der Waals surface area contributed by atoms with Crippen molar-refractivity contribution in [3.8, 4) is 17.2 Å². The van der Waals surface area contributed by atoms with Crippen molar-refractivity contribution in [2.24, 2.45) is 0 Å². The maximum atomic E-state index is 13.1. The molecule has 1 saturated heterocycles. The Morgan fingerprint density at radius 2 is 1.72 bits per heavy atom. The molecular formula is C29H29NO5S. The van der Waals surface area contributed by atoms with Gasteiger partial charge in [-0.1, -0.05) is 42.5 Å². The Morgan fingerprint density at radius 3 is 2.50 bits per heavy atom. The number of benzene rings is 3. The predicted octanol–water partition coefficient (Wildman–Crippen LogP) is 6.48. The van der Waals surface area contributed by atoms with Crippen LogP contribution in [0.4, 0.5) is 4.79 Å². The second kappa shape index (κ2) is 11.8. The van der Waals surface area contributed by atoms with Gasteiger partial charge in [-0.15, -0.1) is 6.58 Å². The molecular weight excluding hydrogens is 474 g/mol. The van der Waals surface area contributed by atoms with Gasteiger partial charge in [-0.2, -0.15) is 0 Å². The second-order valence-corrected chi connectivity index (χ2v) is 9.02. The number of carbonyl (C=O) groups excluding carboxylic acids is 2. The van der Waals surface area contributed by atoms with Gasteiger partial charge in [0.15, 0.2) is 11.5 Å². The van der Waals surface area contributed by atoms with Gasteiger partial charge in [-0.25, -0.2) is 0 Å². The van der Waals surface area contributed by atoms with E-state index in [4.69, 9.17) is 14.2 Å². The van der Waals surface area contributed by atoms with Crippen LogP contribution in [0.3, 0.4) is 0 Å². The van der Waals surface area contributed by atoms with Crippen molar-refractivity contribution in [2.45, 2.75) is 20.3 Å². The highest BCUT2D eigenvalue weighted by molar-refractivity contribution is 8.18. The number of imide groups is 1. The fraction of sp³-hybridized carbons (Fsp3) is 0.241. The molecule has 0 N–H and O–H groups in total. The molecule has 0 aliphatic carbocycles. The minimum atomic E-state index is -0.330. The molecule has 6 nitrogen and oxygen atoms in total. The number of carbonyl (C=O) groups is 2.